The van der Waals surface area contributed by atoms with E-state index in [9.17, 15) is 14.7 Å². The molecule has 0 aliphatic carbocycles. The van der Waals surface area contributed by atoms with E-state index in [4.69, 9.17) is 16.7 Å². The summed E-state index contributed by atoms with van der Waals surface area (Å²) < 4.78 is 0. The number of aliphatic carboxylic acids is 1. The van der Waals surface area contributed by atoms with Gasteiger partial charge in [-0.05, 0) is 53.1 Å². The largest absolute Gasteiger partial charge is 0.481 e. The van der Waals surface area contributed by atoms with Crippen LogP contribution in [-0.4, -0.2) is 32.9 Å². The van der Waals surface area contributed by atoms with Crippen LogP contribution in [0.25, 0.3) is 23.1 Å². The minimum absolute atomic E-state index is 0.0248. The molecule has 0 radical (unpaired) electrons. The lowest BCUT2D eigenvalue weighted by Crippen LogP contribution is -2.04. The van der Waals surface area contributed by atoms with Crippen LogP contribution in [0.5, 0.6) is 0 Å². The van der Waals surface area contributed by atoms with Gasteiger partial charge in [0, 0.05) is 16.2 Å². The van der Waals surface area contributed by atoms with Gasteiger partial charge in [-0.25, -0.2) is 9.78 Å². The average Bonchev–Trinajstić information content (AvgIpc) is 2.85. The predicted octanol–water partition coefficient (Wildman–Crippen LogP) is 7.05. The molecule has 0 aliphatic heterocycles. The highest BCUT2D eigenvalue weighted by Gasteiger charge is 2.17. The predicted molar refractivity (Wildman–Crippen MR) is 142 cm³/mol. The molecule has 2 N–H and O–H groups in total. The van der Waals surface area contributed by atoms with E-state index < -0.39 is 11.9 Å². The van der Waals surface area contributed by atoms with Crippen molar-refractivity contribution < 1.29 is 19.8 Å². The molecular weight excluding hydrogens is 482 g/mol. The molecule has 4 rings (SSSR count). The number of rotatable bonds is 9. The molecule has 176 valence electrons. The van der Waals surface area contributed by atoms with Gasteiger partial charge in [-0.1, -0.05) is 66.2 Å². The molecule has 4 aromatic rings. The molecule has 1 heterocycles. The summed E-state index contributed by atoms with van der Waals surface area (Å²) in [6, 6.07) is 24.2. The summed E-state index contributed by atoms with van der Waals surface area (Å²) in [4.78, 5) is 27.2. The second-order valence-corrected chi connectivity index (χ2v) is 9.55. The smallest absolute Gasteiger partial charge is 0.335 e. The number of halogens is 1. The zero-order chi connectivity index (χ0) is 24.8. The van der Waals surface area contributed by atoms with E-state index in [1.54, 1.807) is 18.2 Å². The van der Waals surface area contributed by atoms with Crippen LogP contribution in [0.3, 0.4) is 0 Å². The van der Waals surface area contributed by atoms with E-state index in [1.807, 2.05) is 72.8 Å². The number of carboxylic acid groups (broad SMARTS) is 2. The molecule has 35 heavy (non-hydrogen) atoms. The SMILES string of the molecule is O=C(O)CCSC(c1cccc(C=Cc2ccc3ccc(Cl)cc3n2)c1)c1cccc(C(=O)O)c1. The van der Waals surface area contributed by atoms with Gasteiger partial charge in [0.2, 0.25) is 0 Å². The molecule has 0 saturated heterocycles. The second-order valence-electron chi connectivity index (χ2n) is 7.90. The fourth-order valence-corrected chi connectivity index (χ4v) is 5.06. The first kappa shape index (κ1) is 24.5. The van der Waals surface area contributed by atoms with Crippen LogP contribution in [0, 0.1) is 0 Å². The molecule has 0 spiro atoms. The van der Waals surface area contributed by atoms with E-state index in [2.05, 4.69) is 4.98 Å². The molecule has 0 saturated carbocycles. The van der Waals surface area contributed by atoms with Gasteiger partial charge in [0.15, 0.2) is 0 Å². The van der Waals surface area contributed by atoms with Crippen molar-refractivity contribution in [2.45, 2.75) is 11.7 Å². The Hall–Kier alpha value is -3.61. The second kappa shape index (κ2) is 11.2. The van der Waals surface area contributed by atoms with Crippen LogP contribution < -0.4 is 0 Å². The summed E-state index contributed by atoms with van der Waals surface area (Å²) in [7, 11) is 0. The number of nitrogens with zero attached hydrogens (tertiary/aromatic N) is 1. The Kier molecular flexibility index (Phi) is 7.85. The lowest BCUT2D eigenvalue weighted by Gasteiger charge is -2.18. The fourth-order valence-electron chi connectivity index (χ4n) is 3.69. The lowest BCUT2D eigenvalue weighted by molar-refractivity contribution is -0.136. The molecule has 0 aliphatic rings. The number of pyridine rings is 1. The van der Waals surface area contributed by atoms with Gasteiger partial charge in [0.1, 0.15) is 0 Å². The average molecular weight is 504 g/mol. The molecule has 0 fully saturated rings. The molecule has 1 aromatic heterocycles. The first-order chi connectivity index (χ1) is 16.9. The highest BCUT2D eigenvalue weighted by molar-refractivity contribution is 7.99. The molecule has 3 aromatic carbocycles. The van der Waals surface area contributed by atoms with Crippen LogP contribution in [0.1, 0.15) is 44.4 Å². The Balaban J connectivity index is 1.63. The Labute approximate surface area is 212 Å². The van der Waals surface area contributed by atoms with Crippen molar-refractivity contribution >= 4 is 58.4 Å². The van der Waals surface area contributed by atoms with Crippen LogP contribution in [0.2, 0.25) is 5.02 Å². The van der Waals surface area contributed by atoms with Crippen molar-refractivity contribution in [3.05, 3.63) is 112 Å². The Morgan fingerprint density at radius 2 is 1.66 bits per heavy atom. The third kappa shape index (κ3) is 6.50. The number of carboxylic acids is 2. The molecule has 0 amide bonds. The standard InChI is InChI=1S/C28H22ClNO4S/c29-23-10-8-19-9-12-24(30-25(19)17-23)11-7-18-3-1-4-20(15-18)27(35-14-13-26(31)32)21-5-2-6-22(16-21)28(33)34/h1-12,15-17,27H,13-14H2,(H,31,32)(H,33,34). The van der Waals surface area contributed by atoms with Crippen molar-refractivity contribution in [3.63, 3.8) is 0 Å². The van der Waals surface area contributed by atoms with Gasteiger partial charge in [-0.2, -0.15) is 0 Å². The highest BCUT2D eigenvalue weighted by Crippen LogP contribution is 2.37. The lowest BCUT2D eigenvalue weighted by atomic mass is 10.00. The number of benzene rings is 3. The van der Waals surface area contributed by atoms with Gasteiger partial charge >= 0.3 is 11.9 Å². The van der Waals surface area contributed by atoms with E-state index in [0.29, 0.717) is 10.8 Å². The maximum absolute atomic E-state index is 11.5. The zero-order valence-electron chi connectivity index (χ0n) is 18.6. The molecule has 0 bridgehead atoms. The van der Waals surface area contributed by atoms with Crippen LogP contribution in [0.4, 0.5) is 0 Å². The maximum Gasteiger partial charge on any atom is 0.335 e. The van der Waals surface area contributed by atoms with Gasteiger partial charge in [0.05, 0.1) is 28.4 Å². The van der Waals surface area contributed by atoms with Crippen molar-refractivity contribution in [2.75, 3.05) is 5.75 Å². The molecule has 1 atom stereocenters. The summed E-state index contributed by atoms with van der Waals surface area (Å²) in [6.45, 7) is 0. The van der Waals surface area contributed by atoms with Gasteiger partial charge in [-0.3, -0.25) is 4.79 Å². The molecular formula is C28H22ClNO4S. The van der Waals surface area contributed by atoms with Crippen molar-refractivity contribution in [1.82, 2.24) is 4.98 Å². The summed E-state index contributed by atoms with van der Waals surface area (Å²) in [6.07, 6.45) is 3.92. The molecule has 1 unspecified atom stereocenters. The first-order valence-corrected chi connectivity index (χ1v) is 12.3. The van der Waals surface area contributed by atoms with Crippen LogP contribution >= 0.6 is 23.4 Å². The minimum Gasteiger partial charge on any atom is -0.481 e. The minimum atomic E-state index is -0.998. The van der Waals surface area contributed by atoms with Gasteiger partial charge < -0.3 is 10.2 Å². The number of thioether (sulfide) groups is 1. The number of carbonyl (C=O) groups is 2. The maximum atomic E-state index is 11.5. The number of aromatic carboxylic acids is 1. The van der Waals surface area contributed by atoms with E-state index in [-0.39, 0.29) is 17.2 Å². The van der Waals surface area contributed by atoms with Crippen LogP contribution in [-0.2, 0) is 4.79 Å². The quantitative estimate of drug-likeness (QED) is 0.254. The molecule has 7 heteroatoms. The Morgan fingerprint density at radius 3 is 2.43 bits per heavy atom. The van der Waals surface area contributed by atoms with Gasteiger partial charge in [0.25, 0.3) is 0 Å². The summed E-state index contributed by atoms with van der Waals surface area (Å²) in [5.41, 5.74) is 4.55. The topological polar surface area (TPSA) is 87.5 Å². The third-order valence-corrected chi connectivity index (χ3v) is 6.93. The third-order valence-electron chi connectivity index (χ3n) is 5.37. The van der Waals surface area contributed by atoms with Crippen molar-refractivity contribution in [1.29, 1.82) is 0 Å². The summed E-state index contributed by atoms with van der Waals surface area (Å²) in [5.74, 6) is -1.46. The fraction of sp³-hybridized carbons (Fsp3) is 0.107. The first-order valence-electron chi connectivity index (χ1n) is 10.9. The number of aromatic nitrogens is 1. The van der Waals surface area contributed by atoms with Crippen molar-refractivity contribution in [3.8, 4) is 0 Å². The van der Waals surface area contributed by atoms with E-state index >= 15 is 0 Å². The summed E-state index contributed by atoms with van der Waals surface area (Å²) in [5, 5.41) is 19.9. The monoisotopic (exact) mass is 503 g/mol. The Morgan fingerprint density at radius 1 is 0.914 bits per heavy atom. The zero-order valence-corrected chi connectivity index (χ0v) is 20.2. The van der Waals surface area contributed by atoms with Crippen molar-refractivity contribution in [2.24, 2.45) is 0 Å². The number of hydrogen-bond acceptors (Lipinski definition) is 4. The Bertz CT molecular complexity index is 1420. The number of hydrogen-bond donors (Lipinski definition) is 2. The number of fused-ring (bicyclic) bond motifs is 1. The highest BCUT2D eigenvalue weighted by atomic mass is 35.5. The van der Waals surface area contributed by atoms with Gasteiger partial charge in [-0.15, -0.1) is 11.8 Å². The summed E-state index contributed by atoms with van der Waals surface area (Å²) >= 11 is 7.58. The van der Waals surface area contributed by atoms with Crippen LogP contribution in [0.15, 0.2) is 78.9 Å². The van der Waals surface area contributed by atoms with E-state index in [1.165, 1.54) is 11.8 Å². The van der Waals surface area contributed by atoms with E-state index in [0.717, 1.165) is 33.3 Å². The molecule has 5 nitrogen and oxygen atoms in total. The normalized spacial score (nSPS) is 12.1.